The first-order valence-electron chi connectivity index (χ1n) is 8.80. The molecule has 0 unspecified atom stereocenters. The number of anilines is 1. The van der Waals surface area contributed by atoms with Crippen molar-refractivity contribution in [1.82, 2.24) is 5.32 Å². The summed E-state index contributed by atoms with van der Waals surface area (Å²) in [5.74, 6) is 0.170. The number of ether oxygens (including phenoxy) is 1. The van der Waals surface area contributed by atoms with Gasteiger partial charge in [-0.25, -0.2) is 0 Å². The molecule has 0 saturated carbocycles. The van der Waals surface area contributed by atoms with E-state index < -0.39 is 0 Å². The van der Waals surface area contributed by atoms with E-state index in [1.807, 2.05) is 45.9 Å². The van der Waals surface area contributed by atoms with Crippen LogP contribution in [0.2, 0.25) is 0 Å². The maximum Gasteiger partial charge on any atom is 0.262 e. The minimum atomic E-state index is -0.310. The third-order valence-corrected chi connectivity index (χ3v) is 4.14. The summed E-state index contributed by atoms with van der Waals surface area (Å²) in [7, 11) is 0. The van der Waals surface area contributed by atoms with Crippen molar-refractivity contribution in [1.29, 1.82) is 0 Å². The lowest BCUT2D eigenvalue weighted by atomic mass is 10.1. The SMILES string of the molecule is CC[C@@H](C)NC(=O)c1ccccc1NC(=O)COc1cc(C)ccc1C. The zero-order valence-electron chi connectivity index (χ0n) is 15.8. The monoisotopic (exact) mass is 354 g/mol. The molecule has 138 valence electrons. The summed E-state index contributed by atoms with van der Waals surface area (Å²) < 4.78 is 5.62. The van der Waals surface area contributed by atoms with Crippen molar-refractivity contribution in [2.45, 2.75) is 40.2 Å². The third kappa shape index (κ3) is 5.34. The standard InChI is InChI=1S/C21H26N2O3/c1-5-16(4)22-21(25)17-8-6-7-9-18(17)23-20(24)13-26-19-12-14(2)10-11-15(19)3/h6-12,16H,5,13H2,1-4H3,(H,22,25)(H,23,24)/t16-/m1/s1. The Labute approximate surface area is 154 Å². The Morgan fingerprint density at radius 1 is 1.12 bits per heavy atom. The van der Waals surface area contributed by atoms with Crippen molar-refractivity contribution >= 4 is 17.5 Å². The van der Waals surface area contributed by atoms with Crippen LogP contribution in [0.4, 0.5) is 5.69 Å². The van der Waals surface area contributed by atoms with E-state index in [-0.39, 0.29) is 24.5 Å². The summed E-state index contributed by atoms with van der Waals surface area (Å²) in [6.07, 6.45) is 0.837. The van der Waals surface area contributed by atoms with Crippen LogP contribution < -0.4 is 15.4 Å². The fraction of sp³-hybridized carbons (Fsp3) is 0.333. The van der Waals surface area contributed by atoms with E-state index in [2.05, 4.69) is 10.6 Å². The molecule has 2 amide bonds. The lowest BCUT2D eigenvalue weighted by Crippen LogP contribution is -2.33. The summed E-state index contributed by atoms with van der Waals surface area (Å²) in [6, 6.07) is 12.9. The zero-order valence-corrected chi connectivity index (χ0v) is 15.8. The molecule has 0 aromatic heterocycles. The number of amides is 2. The first-order valence-corrected chi connectivity index (χ1v) is 8.80. The van der Waals surface area contributed by atoms with Gasteiger partial charge in [-0.05, 0) is 56.5 Å². The van der Waals surface area contributed by atoms with Crippen LogP contribution in [0.15, 0.2) is 42.5 Å². The van der Waals surface area contributed by atoms with Crippen molar-refractivity contribution in [2.75, 3.05) is 11.9 Å². The normalized spacial score (nSPS) is 11.5. The highest BCUT2D eigenvalue weighted by molar-refractivity contribution is 6.04. The quantitative estimate of drug-likeness (QED) is 0.794. The molecule has 2 aromatic carbocycles. The highest BCUT2D eigenvalue weighted by atomic mass is 16.5. The predicted octanol–water partition coefficient (Wildman–Crippen LogP) is 3.85. The molecule has 0 aliphatic rings. The number of para-hydroxylation sites is 1. The van der Waals surface area contributed by atoms with E-state index in [1.165, 1.54) is 0 Å². The number of aryl methyl sites for hydroxylation is 2. The third-order valence-electron chi connectivity index (χ3n) is 4.14. The van der Waals surface area contributed by atoms with Crippen LogP contribution in [0.3, 0.4) is 0 Å². The van der Waals surface area contributed by atoms with Gasteiger partial charge < -0.3 is 15.4 Å². The summed E-state index contributed by atoms with van der Waals surface area (Å²) in [4.78, 5) is 24.7. The van der Waals surface area contributed by atoms with Gasteiger partial charge in [-0.3, -0.25) is 9.59 Å². The Kier molecular flexibility index (Phi) is 6.78. The largest absolute Gasteiger partial charge is 0.483 e. The van der Waals surface area contributed by atoms with Crippen molar-refractivity contribution in [3.8, 4) is 5.75 Å². The molecule has 1 atom stereocenters. The van der Waals surface area contributed by atoms with Gasteiger partial charge in [-0.2, -0.15) is 0 Å². The minimum Gasteiger partial charge on any atom is -0.483 e. The second kappa shape index (κ2) is 9.04. The molecule has 5 heteroatoms. The van der Waals surface area contributed by atoms with Gasteiger partial charge in [0.2, 0.25) is 0 Å². The minimum absolute atomic E-state index is 0.0684. The fourth-order valence-corrected chi connectivity index (χ4v) is 2.39. The average molecular weight is 354 g/mol. The van der Waals surface area contributed by atoms with Gasteiger partial charge in [0.25, 0.3) is 11.8 Å². The summed E-state index contributed by atoms with van der Waals surface area (Å²) in [5, 5.41) is 5.67. The summed E-state index contributed by atoms with van der Waals surface area (Å²) >= 11 is 0. The number of rotatable bonds is 7. The molecule has 26 heavy (non-hydrogen) atoms. The smallest absolute Gasteiger partial charge is 0.262 e. The first-order chi connectivity index (χ1) is 12.4. The lowest BCUT2D eigenvalue weighted by molar-refractivity contribution is -0.118. The van der Waals surface area contributed by atoms with Crippen molar-refractivity contribution in [3.63, 3.8) is 0 Å². The number of carbonyl (C=O) groups is 2. The molecular formula is C21H26N2O3. The number of hydrogen-bond donors (Lipinski definition) is 2. The Morgan fingerprint density at radius 3 is 2.58 bits per heavy atom. The van der Waals surface area contributed by atoms with E-state index in [0.29, 0.717) is 17.0 Å². The van der Waals surface area contributed by atoms with Crippen LogP contribution in [0.1, 0.15) is 41.8 Å². The Balaban J connectivity index is 2.03. The van der Waals surface area contributed by atoms with Gasteiger partial charge in [0.05, 0.1) is 11.3 Å². The van der Waals surface area contributed by atoms with Gasteiger partial charge in [0, 0.05) is 6.04 Å². The molecule has 0 saturated heterocycles. The van der Waals surface area contributed by atoms with Crippen LogP contribution in [0, 0.1) is 13.8 Å². The molecule has 2 aromatic rings. The van der Waals surface area contributed by atoms with Crippen LogP contribution in [0.5, 0.6) is 5.75 Å². The molecule has 0 heterocycles. The van der Waals surface area contributed by atoms with Gasteiger partial charge in [0.15, 0.2) is 6.61 Å². The molecule has 2 N–H and O–H groups in total. The lowest BCUT2D eigenvalue weighted by Gasteiger charge is -2.15. The van der Waals surface area contributed by atoms with Crippen molar-refractivity contribution in [2.24, 2.45) is 0 Å². The molecule has 0 radical (unpaired) electrons. The first kappa shape index (κ1) is 19.5. The van der Waals surface area contributed by atoms with Crippen molar-refractivity contribution < 1.29 is 14.3 Å². The van der Waals surface area contributed by atoms with Crippen LogP contribution in [-0.2, 0) is 4.79 Å². The molecular weight excluding hydrogens is 328 g/mol. The van der Waals surface area contributed by atoms with Crippen molar-refractivity contribution in [3.05, 3.63) is 59.2 Å². The molecule has 2 rings (SSSR count). The predicted molar refractivity (Wildman–Crippen MR) is 104 cm³/mol. The van der Waals surface area contributed by atoms with Gasteiger partial charge in [0.1, 0.15) is 5.75 Å². The second-order valence-electron chi connectivity index (χ2n) is 6.43. The summed E-state index contributed by atoms with van der Waals surface area (Å²) in [6.45, 7) is 7.73. The van der Waals surface area contributed by atoms with Crippen LogP contribution in [0.25, 0.3) is 0 Å². The highest BCUT2D eigenvalue weighted by Crippen LogP contribution is 2.19. The highest BCUT2D eigenvalue weighted by Gasteiger charge is 2.15. The number of carbonyl (C=O) groups excluding carboxylic acids is 2. The molecule has 0 bridgehead atoms. The maximum atomic E-state index is 12.4. The van der Waals surface area contributed by atoms with E-state index in [1.54, 1.807) is 24.3 Å². The molecule has 0 fully saturated rings. The number of benzene rings is 2. The Hall–Kier alpha value is -2.82. The molecule has 5 nitrogen and oxygen atoms in total. The fourth-order valence-electron chi connectivity index (χ4n) is 2.39. The Bertz CT molecular complexity index is 787. The molecule has 0 aliphatic carbocycles. The number of nitrogens with one attached hydrogen (secondary N) is 2. The summed E-state index contributed by atoms with van der Waals surface area (Å²) in [5.41, 5.74) is 2.95. The zero-order chi connectivity index (χ0) is 19.1. The van der Waals surface area contributed by atoms with E-state index in [4.69, 9.17) is 4.74 Å². The van der Waals surface area contributed by atoms with Gasteiger partial charge in [-0.1, -0.05) is 31.2 Å². The molecule has 0 aliphatic heterocycles. The van der Waals surface area contributed by atoms with Crippen LogP contribution in [-0.4, -0.2) is 24.5 Å². The Morgan fingerprint density at radius 2 is 1.85 bits per heavy atom. The van der Waals surface area contributed by atoms with Gasteiger partial charge >= 0.3 is 0 Å². The number of hydrogen-bond acceptors (Lipinski definition) is 3. The van der Waals surface area contributed by atoms with E-state index in [0.717, 1.165) is 17.5 Å². The average Bonchev–Trinajstić information content (AvgIpc) is 2.62. The molecule has 0 spiro atoms. The second-order valence-corrected chi connectivity index (χ2v) is 6.43. The van der Waals surface area contributed by atoms with E-state index >= 15 is 0 Å². The van der Waals surface area contributed by atoms with Gasteiger partial charge in [-0.15, -0.1) is 0 Å². The van der Waals surface area contributed by atoms with E-state index in [9.17, 15) is 9.59 Å². The maximum absolute atomic E-state index is 12.4. The topological polar surface area (TPSA) is 67.4 Å². The van der Waals surface area contributed by atoms with Crippen LogP contribution >= 0.6 is 0 Å².